The molecule has 4 nitrogen and oxygen atoms in total. The van der Waals surface area contributed by atoms with Crippen LogP contribution in [0.5, 0.6) is 0 Å². The number of ether oxygens (including phenoxy) is 1. The Hall–Kier alpha value is -1.28. The standard InChI is InChI=1S/C13H15ClN2O2/c1-9-13(17,4-5-18-9)8-16-12-6-11(14)3-2-10(12)7-15/h2-3,6,9,16-17H,4-5,8H2,1H3. The maximum absolute atomic E-state index is 10.4. The summed E-state index contributed by atoms with van der Waals surface area (Å²) in [7, 11) is 0. The molecule has 1 heterocycles. The van der Waals surface area contributed by atoms with Crippen molar-refractivity contribution in [2.24, 2.45) is 0 Å². The summed E-state index contributed by atoms with van der Waals surface area (Å²) in [6.45, 7) is 2.74. The molecule has 1 saturated heterocycles. The molecule has 5 heteroatoms. The van der Waals surface area contributed by atoms with Gasteiger partial charge < -0.3 is 15.2 Å². The molecular weight excluding hydrogens is 252 g/mol. The van der Waals surface area contributed by atoms with Gasteiger partial charge in [-0.15, -0.1) is 0 Å². The minimum atomic E-state index is -0.894. The average Bonchev–Trinajstić information content (AvgIpc) is 2.68. The molecule has 96 valence electrons. The molecule has 2 rings (SSSR count). The fourth-order valence-corrected chi connectivity index (χ4v) is 2.18. The van der Waals surface area contributed by atoms with Gasteiger partial charge in [0, 0.05) is 24.6 Å². The molecule has 0 radical (unpaired) electrons. The van der Waals surface area contributed by atoms with Gasteiger partial charge in [0.15, 0.2) is 0 Å². The van der Waals surface area contributed by atoms with E-state index in [9.17, 15) is 5.11 Å². The van der Waals surface area contributed by atoms with E-state index < -0.39 is 5.60 Å². The number of rotatable bonds is 3. The van der Waals surface area contributed by atoms with Gasteiger partial charge >= 0.3 is 0 Å². The first kappa shape index (κ1) is 13.2. The summed E-state index contributed by atoms with van der Waals surface area (Å²) in [6, 6.07) is 7.10. The lowest BCUT2D eigenvalue weighted by molar-refractivity contribution is -0.0175. The van der Waals surface area contributed by atoms with Crippen LogP contribution in [0.3, 0.4) is 0 Å². The molecule has 0 amide bonds. The fourth-order valence-electron chi connectivity index (χ4n) is 2.01. The van der Waals surface area contributed by atoms with E-state index in [1.54, 1.807) is 18.2 Å². The van der Waals surface area contributed by atoms with Gasteiger partial charge in [-0.05, 0) is 25.1 Å². The zero-order chi connectivity index (χ0) is 13.2. The molecule has 2 N–H and O–H groups in total. The van der Waals surface area contributed by atoms with Crippen molar-refractivity contribution in [1.29, 1.82) is 5.26 Å². The van der Waals surface area contributed by atoms with Gasteiger partial charge in [-0.1, -0.05) is 11.6 Å². The molecule has 1 aromatic rings. The molecule has 1 aliphatic rings. The number of aliphatic hydroxyl groups is 1. The summed E-state index contributed by atoms with van der Waals surface area (Å²) in [6.07, 6.45) is 0.374. The van der Waals surface area contributed by atoms with E-state index in [1.807, 2.05) is 6.92 Å². The van der Waals surface area contributed by atoms with Crippen molar-refractivity contribution in [1.82, 2.24) is 0 Å². The Morgan fingerprint density at radius 3 is 3.06 bits per heavy atom. The van der Waals surface area contributed by atoms with Gasteiger partial charge in [-0.25, -0.2) is 0 Å². The number of hydrogen-bond acceptors (Lipinski definition) is 4. The molecule has 0 saturated carbocycles. The van der Waals surface area contributed by atoms with Crippen molar-refractivity contribution in [2.45, 2.75) is 25.0 Å². The van der Waals surface area contributed by atoms with Crippen LogP contribution in [0.25, 0.3) is 0 Å². The van der Waals surface area contributed by atoms with E-state index in [2.05, 4.69) is 11.4 Å². The number of halogens is 1. The summed E-state index contributed by atoms with van der Waals surface area (Å²) < 4.78 is 5.36. The van der Waals surface area contributed by atoms with Crippen LogP contribution in [0.2, 0.25) is 5.02 Å². The molecule has 0 spiro atoms. The first-order valence-corrected chi connectivity index (χ1v) is 6.20. The number of hydrogen-bond donors (Lipinski definition) is 2. The van der Waals surface area contributed by atoms with E-state index in [0.717, 1.165) is 0 Å². The number of nitrogens with one attached hydrogen (secondary N) is 1. The van der Waals surface area contributed by atoms with Crippen LogP contribution in [0.4, 0.5) is 5.69 Å². The smallest absolute Gasteiger partial charge is 0.110 e. The fraction of sp³-hybridized carbons (Fsp3) is 0.462. The molecule has 18 heavy (non-hydrogen) atoms. The summed E-state index contributed by atoms with van der Waals surface area (Å²) >= 11 is 5.90. The van der Waals surface area contributed by atoms with Crippen LogP contribution >= 0.6 is 11.6 Å². The van der Waals surface area contributed by atoms with Crippen molar-refractivity contribution < 1.29 is 9.84 Å². The minimum absolute atomic E-state index is 0.213. The first-order chi connectivity index (χ1) is 8.55. The van der Waals surface area contributed by atoms with Crippen LogP contribution in [0.15, 0.2) is 18.2 Å². The molecule has 1 aliphatic heterocycles. The summed E-state index contributed by atoms with van der Waals surface area (Å²) in [4.78, 5) is 0. The molecule has 2 atom stereocenters. The van der Waals surface area contributed by atoms with Crippen LogP contribution in [-0.2, 0) is 4.74 Å². The molecule has 1 aromatic carbocycles. The van der Waals surface area contributed by atoms with E-state index in [4.69, 9.17) is 21.6 Å². The third kappa shape index (κ3) is 2.59. The Kier molecular flexibility index (Phi) is 3.76. The van der Waals surface area contributed by atoms with E-state index in [-0.39, 0.29) is 6.10 Å². The number of benzene rings is 1. The molecular formula is C13H15ClN2O2. The predicted octanol–water partition coefficient (Wildman–Crippen LogP) is 2.16. The van der Waals surface area contributed by atoms with Crippen molar-refractivity contribution in [2.75, 3.05) is 18.5 Å². The zero-order valence-corrected chi connectivity index (χ0v) is 10.9. The number of nitrogens with zero attached hydrogens (tertiary/aromatic N) is 1. The second-order valence-corrected chi connectivity index (χ2v) is 4.96. The Bertz CT molecular complexity index is 486. The predicted molar refractivity (Wildman–Crippen MR) is 69.6 cm³/mol. The second-order valence-electron chi connectivity index (χ2n) is 4.52. The molecule has 1 fully saturated rings. The Labute approximate surface area is 111 Å². The highest BCUT2D eigenvalue weighted by atomic mass is 35.5. The maximum Gasteiger partial charge on any atom is 0.110 e. The van der Waals surface area contributed by atoms with E-state index >= 15 is 0 Å². The van der Waals surface area contributed by atoms with Gasteiger partial charge in [0.05, 0.1) is 17.4 Å². The second kappa shape index (κ2) is 5.15. The summed E-state index contributed by atoms with van der Waals surface area (Å²) in [5.41, 5.74) is 0.252. The van der Waals surface area contributed by atoms with Crippen molar-refractivity contribution in [3.8, 4) is 6.07 Å². The van der Waals surface area contributed by atoms with E-state index in [0.29, 0.717) is 35.8 Å². The van der Waals surface area contributed by atoms with Crippen LogP contribution in [0.1, 0.15) is 18.9 Å². The molecule has 0 aromatic heterocycles. The quantitative estimate of drug-likeness (QED) is 0.880. The monoisotopic (exact) mass is 266 g/mol. The van der Waals surface area contributed by atoms with Crippen molar-refractivity contribution in [3.05, 3.63) is 28.8 Å². The Balaban J connectivity index is 2.11. The Morgan fingerprint density at radius 1 is 1.67 bits per heavy atom. The summed E-state index contributed by atoms with van der Waals surface area (Å²) in [5, 5.41) is 23.0. The third-order valence-electron chi connectivity index (χ3n) is 3.35. The van der Waals surface area contributed by atoms with Crippen molar-refractivity contribution in [3.63, 3.8) is 0 Å². The lowest BCUT2D eigenvalue weighted by atomic mass is 9.96. The van der Waals surface area contributed by atoms with Crippen LogP contribution < -0.4 is 5.32 Å². The lowest BCUT2D eigenvalue weighted by Gasteiger charge is -2.26. The number of nitriles is 1. The average molecular weight is 267 g/mol. The molecule has 0 bridgehead atoms. The maximum atomic E-state index is 10.4. The largest absolute Gasteiger partial charge is 0.385 e. The van der Waals surface area contributed by atoms with Gasteiger partial charge in [0.25, 0.3) is 0 Å². The van der Waals surface area contributed by atoms with Gasteiger partial charge in [0.1, 0.15) is 11.7 Å². The lowest BCUT2D eigenvalue weighted by Crippen LogP contribution is -2.43. The van der Waals surface area contributed by atoms with Gasteiger partial charge in [-0.3, -0.25) is 0 Å². The highest BCUT2D eigenvalue weighted by molar-refractivity contribution is 6.30. The Morgan fingerprint density at radius 2 is 2.44 bits per heavy atom. The van der Waals surface area contributed by atoms with E-state index in [1.165, 1.54) is 0 Å². The first-order valence-electron chi connectivity index (χ1n) is 5.83. The van der Waals surface area contributed by atoms with Crippen molar-refractivity contribution >= 4 is 17.3 Å². The SMILES string of the molecule is CC1OCCC1(O)CNc1cc(Cl)ccc1C#N. The minimum Gasteiger partial charge on any atom is -0.385 e. The highest BCUT2D eigenvalue weighted by Crippen LogP contribution is 2.27. The molecule has 2 unspecified atom stereocenters. The topological polar surface area (TPSA) is 65.3 Å². The summed E-state index contributed by atoms with van der Waals surface area (Å²) in [5.74, 6) is 0. The van der Waals surface area contributed by atoms with Crippen LogP contribution in [0, 0.1) is 11.3 Å². The number of anilines is 1. The molecule has 0 aliphatic carbocycles. The zero-order valence-electron chi connectivity index (χ0n) is 10.1. The van der Waals surface area contributed by atoms with Gasteiger partial charge in [-0.2, -0.15) is 5.26 Å². The third-order valence-corrected chi connectivity index (χ3v) is 3.58. The van der Waals surface area contributed by atoms with Gasteiger partial charge in [0.2, 0.25) is 0 Å². The normalized spacial score (nSPS) is 26.9. The van der Waals surface area contributed by atoms with Crippen LogP contribution in [-0.4, -0.2) is 30.0 Å². The highest BCUT2D eigenvalue weighted by Gasteiger charge is 2.39.